The van der Waals surface area contributed by atoms with Crippen molar-refractivity contribution in [2.24, 2.45) is 0 Å². The minimum Gasteiger partial charge on any atom is -0.492 e. The zero-order valence-electron chi connectivity index (χ0n) is 14.7. The zero-order chi connectivity index (χ0) is 17.5. The summed E-state index contributed by atoms with van der Waals surface area (Å²) in [5, 5.41) is 0. The Labute approximate surface area is 150 Å². The summed E-state index contributed by atoms with van der Waals surface area (Å²) in [5.41, 5.74) is 0. The minimum absolute atomic E-state index is 0.0293. The lowest BCUT2D eigenvalue weighted by Gasteiger charge is -2.38. The number of piperidine rings is 1. The van der Waals surface area contributed by atoms with Gasteiger partial charge in [0, 0.05) is 32.2 Å². The van der Waals surface area contributed by atoms with E-state index < -0.39 is 10.0 Å². The molecule has 2 saturated heterocycles. The Hall–Kier alpha value is -1.15. The average Bonchev–Trinajstić information content (AvgIpc) is 2.64. The molecule has 25 heavy (non-hydrogen) atoms. The summed E-state index contributed by atoms with van der Waals surface area (Å²) < 4.78 is 38.4. The molecule has 7 heteroatoms. The van der Waals surface area contributed by atoms with E-state index in [9.17, 15) is 8.42 Å². The molecule has 2 heterocycles. The number of hydrogen-bond acceptors (Lipinski definition) is 5. The number of morpholine rings is 1. The Morgan fingerprint density at radius 1 is 1.08 bits per heavy atom. The molecule has 0 radical (unpaired) electrons. The molecule has 1 aromatic carbocycles. The maximum atomic E-state index is 12.8. The van der Waals surface area contributed by atoms with Crippen LogP contribution in [0.25, 0.3) is 0 Å². The van der Waals surface area contributed by atoms with Crippen LogP contribution in [0.2, 0.25) is 0 Å². The van der Waals surface area contributed by atoms with Gasteiger partial charge < -0.3 is 9.47 Å². The summed E-state index contributed by atoms with van der Waals surface area (Å²) in [6, 6.07) is 9.44. The molecule has 140 valence electrons. The summed E-state index contributed by atoms with van der Waals surface area (Å²) in [7, 11) is -3.30. The third kappa shape index (κ3) is 5.41. The van der Waals surface area contributed by atoms with Crippen LogP contribution < -0.4 is 4.74 Å². The predicted octanol–water partition coefficient (Wildman–Crippen LogP) is 1.58. The molecule has 3 rings (SSSR count). The minimum atomic E-state index is -3.30. The molecule has 1 atom stereocenters. The maximum Gasteiger partial charge on any atom is 0.217 e. The Morgan fingerprint density at radius 2 is 1.84 bits per heavy atom. The van der Waals surface area contributed by atoms with Crippen molar-refractivity contribution in [1.82, 2.24) is 9.21 Å². The standard InChI is InChI=1S/C18H28N2O4S/c21-25(22,15-14-24-18-7-2-1-3-8-18)20-9-5-4-6-17(20)16-19-10-12-23-13-11-19/h1-3,7-8,17H,4-6,9-16H2/t17-/m0/s1. The van der Waals surface area contributed by atoms with Gasteiger partial charge in [-0.05, 0) is 25.0 Å². The number of nitrogens with zero attached hydrogens (tertiary/aromatic N) is 2. The van der Waals surface area contributed by atoms with E-state index in [-0.39, 0.29) is 18.4 Å². The third-order valence-corrected chi connectivity index (χ3v) is 6.73. The number of hydrogen-bond donors (Lipinski definition) is 0. The van der Waals surface area contributed by atoms with Crippen LogP contribution in [0.1, 0.15) is 19.3 Å². The average molecular weight is 368 g/mol. The smallest absolute Gasteiger partial charge is 0.217 e. The van der Waals surface area contributed by atoms with Crippen LogP contribution in [-0.2, 0) is 14.8 Å². The molecular weight excluding hydrogens is 340 g/mol. The molecule has 0 N–H and O–H groups in total. The van der Waals surface area contributed by atoms with Gasteiger partial charge in [0.15, 0.2) is 0 Å². The highest BCUT2D eigenvalue weighted by Crippen LogP contribution is 2.22. The molecule has 6 nitrogen and oxygen atoms in total. The number of ether oxygens (including phenoxy) is 2. The van der Waals surface area contributed by atoms with E-state index in [1.54, 1.807) is 4.31 Å². The van der Waals surface area contributed by atoms with Crippen molar-refractivity contribution in [2.45, 2.75) is 25.3 Å². The van der Waals surface area contributed by atoms with Crippen molar-refractivity contribution in [2.75, 3.05) is 51.8 Å². The first-order valence-electron chi connectivity index (χ1n) is 9.13. The number of benzene rings is 1. The molecule has 2 aliphatic rings. The van der Waals surface area contributed by atoms with Gasteiger partial charge in [0.1, 0.15) is 12.4 Å². The van der Waals surface area contributed by atoms with Crippen molar-refractivity contribution in [1.29, 1.82) is 0 Å². The van der Waals surface area contributed by atoms with E-state index in [0.29, 0.717) is 12.3 Å². The fourth-order valence-corrected chi connectivity index (χ4v) is 5.07. The first-order valence-corrected chi connectivity index (χ1v) is 10.7. The summed E-state index contributed by atoms with van der Waals surface area (Å²) in [5.74, 6) is 0.739. The van der Waals surface area contributed by atoms with Crippen molar-refractivity contribution in [3.8, 4) is 5.75 Å². The molecular formula is C18H28N2O4S. The molecule has 2 aliphatic heterocycles. The highest BCUT2D eigenvalue weighted by molar-refractivity contribution is 7.89. The van der Waals surface area contributed by atoms with Gasteiger partial charge in [-0.25, -0.2) is 8.42 Å². The fourth-order valence-electron chi connectivity index (χ4n) is 3.50. The highest BCUT2D eigenvalue weighted by atomic mass is 32.2. The van der Waals surface area contributed by atoms with E-state index in [4.69, 9.17) is 9.47 Å². The zero-order valence-corrected chi connectivity index (χ0v) is 15.5. The van der Waals surface area contributed by atoms with Gasteiger partial charge in [-0.15, -0.1) is 0 Å². The van der Waals surface area contributed by atoms with Gasteiger partial charge in [-0.1, -0.05) is 24.6 Å². The summed E-state index contributed by atoms with van der Waals surface area (Å²) >= 11 is 0. The maximum absolute atomic E-state index is 12.8. The molecule has 2 fully saturated rings. The van der Waals surface area contributed by atoms with Gasteiger partial charge in [0.2, 0.25) is 10.0 Å². The number of para-hydroxylation sites is 1. The molecule has 0 aromatic heterocycles. The third-order valence-electron chi connectivity index (χ3n) is 4.86. The Kier molecular flexibility index (Phi) is 6.70. The van der Waals surface area contributed by atoms with Crippen LogP contribution in [0, 0.1) is 0 Å². The van der Waals surface area contributed by atoms with Gasteiger partial charge in [-0.2, -0.15) is 4.31 Å². The predicted molar refractivity (Wildman–Crippen MR) is 97.3 cm³/mol. The van der Waals surface area contributed by atoms with E-state index in [0.717, 1.165) is 52.1 Å². The fraction of sp³-hybridized carbons (Fsp3) is 0.667. The normalized spacial score (nSPS) is 23.4. The molecule has 0 bridgehead atoms. The lowest BCUT2D eigenvalue weighted by Crippen LogP contribution is -2.52. The molecule has 0 amide bonds. The number of sulfonamides is 1. The van der Waals surface area contributed by atoms with Crippen molar-refractivity contribution >= 4 is 10.0 Å². The van der Waals surface area contributed by atoms with Gasteiger partial charge in [-0.3, -0.25) is 4.90 Å². The topological polar surface area (TPSA) is 59.1 Å². The lowest BCUT2D eigenvalue weighted by molar-refractivity contribution is 0.0262. The van der Waals surface area contributed by atoms with E-state index >= 15 is 0 Å². The van der Waals surface area contributed by atoms with Crippen LogP contribution in [0.5, 0.6) is 5.75 Å². The molecule has 0 saturated carbocycles. The second-order valence-corrected chi connectivity index (χ2v) is 8.69. The summed E-state index contributed by atoms with van der Waals surface area (Å²) in [6.45, 7) is 4.88. The van der Waals surface area contributed by atoms with Crippen molar-refractivity contribution in [3.63, 3.8) is 0 Å². The van der Waals surface area contributed by atoms with Gasteiger partial charge in [0.25, 0.3) is 0 Å². The Morgan fingerprint density at radius 3 is 2.60 bits per heavy atom. The molecule has 0 aliphatic carbocycles. The van der Waals surface area contributed by atoms with Crippen LogP contribution in [-0.4, -0.2) is 75.4 Å². The van der Waals surface area contributed by atoms with E-state index in [1.807, 2.05) is 30.3 Å². The quantitative estimate of drug-likeness (QED) is 0.731. The van der Waals surface area contributed by atoms with Crippen LogP contribution in [0.3, 0.4) is 0 Å². The number of rotatable bonds is 7. The molecule has 0 unspecified atom stereocenters. The first-order chi connectivity index (χ1) is 12.1. The van der Waals surface area contributed by atoms with Gasteiger partial charge in [0.05, 0.1) is 19.0 Å². The van der Waals surface area contributed by atoms with Crippen molar-refractivity contribution in [3.05, 3.63) is 30.3 Å². The largest absolute Gasteiger partial charge is 0.492 e. The van der Waals surface area contributed by atoms with E-state index in [1.165, 1.54) is 0 Å². The second-order valence-electron chi connectivity index (χ2n) is 6.65. The molecule has 1 aromatic rings. The van der Waals surface area contributed by atoms with Crippen LogP contribution in [0.4, 0.5) is 0 Å². The summed E-state index contributed by atoms with van der Waals surface area (Å²) in [4.78, 5) is 2.32. The Balaban J connectivity index is 1.55. The lowest BCUT2D eigenvalue weighted by atomic mass is 10.0. The Bertz CT molecular complexity index is 617. The van der Waals surface area contributed by atoms with Gasteiger partial charge >= 0.3 is 0 Å². The first kappa shape index (κ1) is 18.6. The second kappa shape index (κ2) is 8.98. The van der Waals surface area contributed by atoms with Crippen LogP contribution in [0.15, 0.2) is 30.3 Å². The SMILES string of the molecule is O=S(=O)(CCOc1ccccc1)N1CCCC[C@H]1CN1CCOCC1. The van der Waals surface area contributed by atoms with Crippen LogP contribution >= 0.6 is 0 Å². The summed E-state index contributed by atoms with van der Waals surface area (Å²) in [6.07, 6.45) is 2.98. The monoisotopic (exact) mass is 368 g/mol. The van der Waals surface area contributed by atoms with E-state index in [2.05, 4.69) is 4.90 Å². The molecule has 0 spiro atoms. The highest BCUT2D eigenvalue weighted by Gasteiger charge is 2.33. The van der Waals surface area contributed by atoms with Crippen molar-refractivity contribution < 1.29 is 17.9 Å².